The van der Waals surface area contributed by atoms with Gasteiger partial charge in [0.05, 0.1) is 23.9 Å². The molecule has 1 aromatic heterocycles. The van der Waals surface area contributed by atoms with Gasteiger partial charge in [-0.1, -0.05) is 31.2 Å². The standard InChI is InChI=1S/C22H21F3N2O2/c1-3-12-26-21(28)17-13-18(14-8-10-15(11-9-14)22(23,24)25)27-20(17)16-6-4-5-7-19(16)29-2/h4-11,13,27H,3,12H2,1-2H3,(H,26,28). The lowest BCUT2D eigenvalue weighted by Gasteiger charge is -2.09. The van der Waals surface area contributed by atoms with E-state index < -0.39 is 11.7 Å². The number of para-hydroxylation sites is 1. The number of aromatic nitrogens is 1. The zero-order valence-electron chi connectivity index (χ0n) is 16.1. The molecular formula is C22H21F3N2O2. The van der Waals surface area contributed by atoms with Crippen LogP contribution in [0.4, 0.5) is 13.2 Å². The number of hydrogen-bond donors (Lipinski definition) is 2. The second-order valence-electron chi connectivity index (χ2n) is 6.50. The van der Waals surface area contributed by atoms with E-state index in [4.69, 9.17) is 4.74 Å². The van der Waals surface area contributed by atoms with Crippen molar-refractivity contribution >= 4 is 5.91 Å². The minimum absolute atomic E-state index is 0.262. The number of carbonyl (C=O) groups excluding carboxylic acids is 1. The number of rotatable bonds is 6. The van der Waals surface area contributed by atoms with Crippen LogP contribution in [0.25, 0.3) is 22.5 Å². The van der Waals surface area contributed by atoms with Crippen molar-refractivity contribution in [2.24, 2.45) is 0 Å². The summed E-state index contributed by atoms with van der Waals surface area (Å²) >= 11 is 0. The van der Waals surface area contributed by atoms with Crippen LogP contribution in [0.2, 0.25) is 0 Å². The van der Waals surface area contributed by atoms with Gasteiger partial charge in [-0.05, 0) is 42.3 Å². The summed E-state index contributed by atoms with van der Waals surface area (Å²) in [6, 6.07) is 13.7. The van der Waals surface area contributed by atoms with Crippen LogP contribution in [0.1, 0.15) is 29.3 Å². The Morgan fingerprint density at radius 2 is 1.79 bits per heavy atom. The Balaban J connectivity index is 2.08. The van der Waals surface area contributed by atoms with Gasteiger partial charge in [0.15, 0.2) is 0 Å². The van der Waals surface area contributed by atoms with E-state index in [1.54, 1.807) is 12.1 Å². The van der Waals surface area contributed by atoms with E-state index in [-0.39, 0.29) is 5.91 Å². The Morgan fingerprint density at radius 1 is 1.10 bits per heavy atom. The van der Waals surface area contributed by atoms with Crippen LogP contribution in [0.5, 0.6) is 5.75 Å². The van der Waals surface area contributed by atoms with Crippen LogP contribution < -0.4 is 10.1 Å². The van der Waals surface area contributed by atoms with Crippen LogP contribution in [0.15, 0.2) is 54.6 Å². The summed E-state index contributed by atoms with van der Waals surface area (Å²) in [6.07, 6.45) is -3.62. The van der Waals surface area contributed by atoms with Gasteiger partial charge in [0, 0.05) is 17.8 Å². The monoisotopic (exact) mass is 402 g/mol. The fraction of sp³-hybridized carbons (Fsp3) is 0.227. The van der Waals surface area contributed by atoms with Crippen LogP contribution in [-0.4, -0.2) is 24.5 Å². The molecule has 1 amide bonds. The van der Waals surface area contributed by atoms with Crippen LogP contribution >= 0.6 is 0 Å². The van der Waals surface area contributed by atoms with Gasteiger partial charge >= 0.3 is 6.18 Å². The zero-order chi connectivity index (χ0) is 21.0. The van der Waals surface area contributed by atoms with E-state index in [0.29, 0.717) is 40.4 Å². The molecule has 0 aliphatic rings. The molecule has 7 heteroatoms. The highest BCUT2D eigenvalue weighted by Gasteiger charge is 2.30. The first kappa shape index (κ1) is 20.5. The molecular weight excluding hydrogens is 381 g/mol. The highest BCUT2D eigenvalue weighted by molar-refractivity contribution is 6.02. The van der Waals surface area contributed by atoms with E-state index in [1.165, 1.54) is 19.2 Å². The van der Waals surface area contributed by atoms with E-state index in [2.05, 4.69) is 10.3 Å². The molecule has 2 aromatic carbocycles. The SMILES string of the molecule is CCCNC(=O)c1cc(-c2ccc(C(F)(F)F)cc2)[nH]c1-c1ccccc1OC. The van der Waals surface area contributed by atoms with Gasteiger partial charge in [-0.2, -0.15) is 13.2 Å². The predicted molar refractivity (Wildman–Crippen MR) is 106 cm³/mol. The lowest BCUT2D eigenvalue weighted by molar-refractivity contribution is -0.137. The van der Waals surface area contributed by atoms with E-state index in [9.17, 15) is 18.0 Å². The predicted octanol–water partition coefficient (Wildman–Crippen LogP) is 5.52. The van der Waals surface area contributed by atoms with Crippen molar-refractivity contribution in [1.82, 2.24) is 10.3 Å². The molecule has 0 saturated carbocycles. The zero-order valence-corrected chi connectivity index (χ0v) is 16.1. The highest BCUT2D eigenvalue weighted by atomic mass is 19.4. The third-order valence-corrected chi connectivity index (χ3v) is 4.50. The number of nitrogens with one attached hydrogen (secondary N) is 2. The largest absolute Gasteiger partial charge is 0.496 e. The molecule has 3 aromatic rings. The minimum Gasteiger partial charge on any atom is -0.496 e. The molecule has 29 heavy (non-hydrogen) atoms. The van der Waals surface area contributed by atoms with Crippen LogP contribution in [0.3, 0.4) is 0 Å². The molecule has 2 N–H and O–H groups in total. The molecule has 0 aliphatic heterocycles. The number of halogens is 3. The molecule has 0 atom stereocenters. The van der Waals surface area contributed by atoms with Gasteiger partial charge in [-0.3, -0.25) is 4.79 Å². The lowest BCUT2D eigenvalue weighted by atomic mass is 10.1. The molecule has 0 unspecified atom stereocenters. The Morgan fingerprint density at radius 3 is 2.41 bits per heavy atom. The van der Waals surface area contributed by atoms with Crippen LogP contribution in [-0.2, 0) is 6.18 Å². The smallest absolute Gasteiger partial charge is 0.416 e. The highest BCUT2D eigenvalue weighted by Crippen LogP contribution is 2.35. The number of benzene rings is 2. The maximum absolute atomic E-state index is 12.8. The minimum atomic E-state index is -4.40. The van der Waals surface area contributed by atoms with E-state index >= 15 is 0 Å². The van der Waals surface area contributed by atoms with Crippen molar-refractivity contribution in [2.45, 2.75) is 19.5 Å². The third-order valence-electron chi connectivity index (χ3n) is 4.50. The molecule has 0 fully saturated rings. The number of ether oxygens (including phenoxy) is 1. The topological polar surface area (TPSA) is 54.1 Å². The van der Waals surface area contributed by atoms with Crippen molar-refractivity contribution in [3.8, 4) is 28.3 Å². The Bertz CT molecular complexity index is 992. The average Bonchev–Trinajstić information content (AvgIpc) is 3.16. The Kier molecular flexibility index (Phi) is 5.96. The van der Waals surface area contributed by atoms with Gasteiger partial charge in [0.25, 0.3) is 5.91 Å². The first-order valence-electron chi connectivity index (χ1n) is 9.17. The second-order valence-corrected chi connectivity index (χ2v) is 6.50. The lowest BCUT2D eigenvalue weighted by Crippen LogP contribution is -2.24. The van der Waals surface area contributed by atoms with Gasteiger partial charge in [0.2, 0.25) is 0 Å². The summed E-state index contributed by atoms with van der Waals surface area (Å²) in [5.74, 6) is 0.319. The number of methoxy groups -OCH3 is 1. The Labute approximate surface area is 166 Å². The normalized spacial score (nSPS) is 11.3. The number of hydrogen-bond acceptors (Lipinski definition) is 2. The molecule has 0 spiro atoms. The van der Waals surface area contributed by atoms with E-state index in [1.807, 2.05) is 25.1 Å². The fourth-order valence-electron chi connectivity index (χ4n) is 3.03. The van der Waals surface area contributed by atoms with Crippen molar-refractivity contribution in [3.63, 3.8) is 0 Å². The van der Waals surface area contributed by atoms with Crippen molar-refractivity contribution in [3.05, 3.63) is 65.7 Å². The summed E-state index contributed by atoms with van der Waals surface area (Å²) in [6.45, 7) is 2.47. The summed E-state index contributed by atoms with van der Waals surface area (Å²) in [7, 11) is 1.54. The maximum Gasteiger partial charge on any atom is 0.416 e. The van der Waals surface area contributed by atoms with Crippen molar-refractivity contribution < 1.29 is 22.7 Å². The third kappa shape index (κ3) is 4.45. The van der Waals surface area contributed by atoms with Crippen LogP contribution in [0, 0.1) is 0 Å². The molecule has 0 saturated heterocycles. The summed E-state index contributed by atoms with van der Waals surface area (Å²) in [5, 5.41) is 2.84. The molecule has 0 bridgehead atoms. The quantitative estimate of drug-likeness (QED) is 0.571. The van der Waals surface area contributed by atoms with Gasteiger partial charge in [-0.15, -0.1) is 0 Å². The number of alkyl halides is 3. The first-order chi connectivity index (χ1) is 13.8. The van der Waals surface area contributed by atoms with Gasteiger partial charge < -0.3 is 15.0 Å². The summed E-state index contributed by atoms with van der Waals surface area (Å²) < 4.78 is 43.9. The average molecular weight is 402 g/mol. The van der Waals surface area contributed by atoms with Gasteiger partial charge in [0.1, 0.15) is 5.75 Å². The van der Waals surface area contributed by atoms with Gasteiger partial charge in [-0.25, -0.2) is 0 Å². The molecule has 152 valence electrons. The molecule has 3 rings (SSSR count). The number of amides is 1. The summed E-state index contributed by atoms with van der Waals surface area (Å²) in [4.78, 5) is 15.9. The number of aromatic amines is 1. The van der Waals surface area contributed by atoms with E-state index in [0.717, 1.165) is 18.6 Å². The first-order valence-corrected chi connectivity index (χ1v) is 9.17. The Hall–Kier alpha value is -3.22. The summed E-state index contributed by atoms with van der Waals surface area (Å²) in [5.41, 5.74) is 2.00. The number of carbonyl (C=O) groups is 1. The molecule has 0 radical (unpaired) electrons. The van der Waals surface area contributed by atoms with Crippen molar-refractivity contribution in [2.75, 3.05) is 13.7 Å². The fourth-order valence-corrected chi connectivity index (χ4v) is 3.03. The second kappa shape index (κ2) is 8.43. The molecule has 1 heterocycles. The molecule has 0 aliphatic carbocycles. The van der Waals surface area contributed by atoms with Crippen molar-refractivity contribution in [1.29, 1.82) is 0 Å². The maximum atomic E-state index is 12.8. The number of H-pyrrole nitrogens is 1. The molecule has 4 nitrogen and oxygen atoms in total.